The van der Waals surface area contributed by atoms with Crippen LogP contribution in [0.1, 0.15) is 67.2 Å². The van der Waals surface area contributed by atoms with E-state index in [2.05, 4.69) is 52.6 Å². The van der Waals surface area contributed by atoms with Gasteiger partial charge in [0.2, 0.25) is 0 Å². The van der Waals surface area contributed by atoms with Crippen LogP contribution in [0.15, 0.2) is 0 Å². The van der Waals surface area contributed by atoms with Gasteiger partial charge in [-0.1, -0.05) is 47.0 Å². The van der Waals surface area contributed by atoms with Gasteiger partial charge in [0.1, 0.15) is 6.10 Å². The van der Waals surface area contributed by atoms with Crippen molar-refractivity contribution in [2.24, 2.45) is 5.92 Å². The van der Waals surface area contributed by atoms with Crippen LogP contribution >= 0.6 is 0 Å². The third-order valence-corrected chi connectivity index (χ3v) is 8.90. The molecule has 0 aliphatic carbocycles. The molecule has 0 bridgehead atoms. The summed E-state index contributed by atoms with van der Waals surface area (Å²) in [7, 11) is -1.91. The van der Waals surface area contributed by atoms with Crippen LogP contribution in [-0.4, -0.2) is 27.0 Å². The Hall–Kier alpha value is -0.793. The van der Waals surface area contributed by atoms with Gasteiger partial charge in [-0.15, -0.1) is 5.92 Å². The highest BCUT2D eigenvalue weighted by Gasteiger charge is 2.39. The molecule has 0 spiro atoms. The number of carbonyl (C=O) groups excluding carboxylic acids is 1. The van der Waals surface area contributed by atoms with Crippen molar-refractivity contribution in [2.45, 2.75) is 91.5 Å². The van der Waals surface area contributed by atoms with Crippen LogP contribution < -0.4 is 0 Å². The molecule has 0 amide bonds. The molecule has 0 aliphatic rings. The predicted octanol–water partition coefficient (Wildman–Crippen LogP) is 5.16. The number of rotatable bonds is 8. The van der Waals surface area contributed by atoms with E-state index < -0.39 is 8.32 Å². The van der Waals surface area contributed by atoms with Crippen molar-refractivity contribution in [2.75, 3.05) is 6.61 Å². The van der Waals surface area contributed by atoms with E-state index in [-0.39, 0.29) is 23.0 Å². The van der Waals surface area contributed by atoms with Crippen LogP contribution in [0.4, 0.5) is 0 Å². The molecular weight excluding hydrogens is 304 g/mol. The highest BCUT2D eigenvalue weighted by atomic mass is 28.4. The first-order valence-electron chi connectivity index (χ1n) is 8.88. The molecule has 23 heavy (non-hydrogen) atoms. The normalized spacial score (nSPS) is 14.6. The Morgan fingerprint density at radius 2 is 1.83 bits per heavy atom. The maximum absolute atomic E-state index is 11.9. The largest absolute Gasteiger partial charge is 0.466 e. The number of unbranched alkanes of at least 4 members (excludes halogenated alkanes) is 2. The zero-order valence-corrected chi connectivity index (χ0v) is 17.4. The summed E-state index contributed by atoms with van der Waals surface area (Å²) in [6, 6.07) is 0. The van der Waals surface area contributed by atoms with Gasteiger partial charge in [-0.05, 0) is 37.9 Å². The quantitative estimate of drug-likeness (QED) is 0.265. The summed E-state index contributed by atoms with van der Waals surface area (Å²) in [4.78, 5) is 11.9. The van der Waals surface area contributed by atoms with Gasteiger partial charge in [-0.2, -0.15) is 0 Å². The lowest BCUT2D eigenvalue weighted by molar-refractivity contribution is -0.148. The number of carbonyl (C=O) groups is 1. The smallest absolute Gasteiger partial charge is 0.308 e. The van der Waals surface area contributed by atoms with Gasteiger partial charge in [0.05, 0.1) is 12.5 Å². The van der Waals surface area contributed by atoms with Crippen molar-refractivity contribution < 1.29 is 14.0 Å². The molecule has 0 radical (unpaired) electrons. The standard InChI is InChI=1S/C19H36O3Si/c1-9-11-12-13-14-17(15-16(3)18(20)21-10-2)22-23(7,8)19(4,5)6/h16-17H,9-12,15H2,1-8H3/t16-,17-/m1/s1. The zero-order chi connectivity index (χ0) is 18.1. The lowest BCUT2D eigenvalue weighted by Crippen LogP contribution is -2.44. The highest BCUT2D eigenvalue weighted by Crippen LogP contribution is 2.37. The summed E-state index contributed by atoms with van der Waals surface area (Å²) in [5, 5.41) is 0.128. The van der Waals surface area contributed by atoms with Crippen LogP contribution in [0.25, 0.3) is 0 Å². The van der Waals surface area contributed by atoms with E-state index in [0.717, 1.165) is 19.3 Å². The maximum Gasteiger partial charge on any atom is 0.308 e. The van der Waals surface area contributed by atoms with E-state index in [1.165, 1.54) is 0 Å². The molecule has 0 unspecified atom stereocenters. The lowest BCUT2D eigenvalue weighted by atomic mass is 10.0. The molecular formula is C19H36O3Si. The minimum absolute atomic E-state index is 0.128. The van der Waals surface area contributed by atoms with Crippen LogP contribution in [-0.2, 0) is 14.0 Å². The van der Waals surface area contributed by atoms with E-state index in [1.807, 2.05) is 13.8 Å². The second kappa shape index (κ2) is 10.2. The monoisotopic (exact) mass is 340 g/mol. The first-order valence-corrected chi connectivity index (χ1v) is 11.8. The Bertz CT molecular complexity index is 413. The van der Waals surface area contributed by atoms with Crippen molar-refractivity contribution in [3.63, 3.8) is 0 Å². The molecule has 0 fully saturated rings. The average molecular weight is 341 g/mol. The molecule has 0 saturated carbocycles. The molecule has 0 aliphatic heterocycles. The van der Waals surface area contributed by atoms with Crippen LogP contribution in [0.5, 0.6) is 0 Å². The second-order valence-corrected chi connectivity index (χ2v) is 12.4. The van der Waals surface area contributed by atoms with Crippen molar-refractivity contribution in [3.05, 3.63) is 0 Å². The van der Waals surface area contributed by atoms with E-state index >= 15 is 0 Å². The minimum atomic E-state index is -1.91. The molecule has 4 heteroatoms. The van der Waals surface area contributed by atoms with Crippen molar-refractivity contribution in [1.82, 2.24) is 0 Å². The highest BCUT2D eigenvalue weighted by molar-refractivity contribution is 6.74. The minimum Gasteiger partial charge on any atom is -0.466 e. The van der Waals surface area contributed by atoms with E-state index in [4.69, 9.17) is 9.16 Å². The summed E-state index contributed by atoms with van der Waals surface area (Å²) in [5.74, 6) is 6.15. The molecule has 134 valence electrons. The van der Waals surface area contributed by atoms with Crippen molar-refractivity contribution in [3.8, 4) is 11.8 Å². The van der Waals surface area contributed by atoms with Gasteiger partial charge in [0.15, 0.2) is 8.32 Å². The summed E-state index contributed by atoms with van der Waals surface area (Å²) in [6.07, 6.45) is 3.55. The molecule has 3 nitrogen and oxygen atoms in total. The summed E-state index contributed by atoms with van der Waals surface area (Å²) < 4.78 is 11.6. The maximum atomic E-state index is 11.9. The van der Waals surface area contributed by atoms with Crippen LogP contribution in [0.3, 0.4) is 0 Å². The molecule has 0 N–H and O–H groups in total. The van der Waals surface area contributed by atoms with Gasteiger partial charge in [-0.25, -0.2) is 0 Å². The van der Waals surface area contributed by atoms with Gasteiger partial charge >= 0.3 is 5.97 Å². The Morgan fingerprint density at radius 1 is 1.22 bits per heavy atom. The van der Waals surface area contributed by atoms with Gasteiger partial charge in [-0.3, -0.25) is 4.79 Å². The molecule has 0 rings (SSSR count). The number of esters is 1. The van der Waals surface area contributed by atoms with Gasteiger partial charge in [0.25, 0.3) is 0 Å². The fraction of sp³-hybridized carbons (Fsp3) is 0.842. The Morgan fingerprint density at radius 3 is 2.30 bits per heavy atom. The molecule has 0 saturated heterocycles. The Balaban J connectivity index is 5.01. The second-order valence-electron chi connectivity index (χ2n) is 7.68. The number of hydrogen-bond donors (Lipinski definition) is 0. The molecule has 2 atom stereocenters. The summed E-state index contributed by atoms with van der Waals surface area (Å²) >= 11 is 0. The molecule has 0 aromatic rings. The van der Waals surface area contributed by atoms with Crippen LogP contribution in [0.2, 0.25) is 18.1 Å². The lowest BCUT2D eigenvalue weighted by Gasteiger charge is -2.38. The van der Waals surface area contributed by atoms with E-state index in [1.54, 1.807) is 0 Å². The predicted molar refractivity (Wildman–Crippen MR) is 99.8 cm³/mol. The number of ether oxygens (including phenoxy) is 1. The molecule has 0 aromatic carbocycles. The SMILES string of the molecule is CCCCC#C[C@H](C[C@@H](C)C(=O)OCC)O[Si](C)(C)C(C)(C)C. The third-order valence-electron chi connectivity index (χ3n) is 4.42. The van der Waals surface area contributed by atoms with Crippen LogP contribution in [0, 0.1) is 17.8 Å². The van der Waals surface area contributed by atoms with Gasteiger partial charge < -0.3 is 9.16 Å². The first-order chi connectivity index (χ1) is 10.5. The third kappa shape index (κ3) is 8.57. The zero-order valence-electron chi connectivity index (χ0n) is 16.4. The molecule has 0 aromatic heterocycles. The average Bonchev–Trinajstić information content (AvgIpc) is 2.42. The number of hydrogen-bond acceptors (Lipinski definition) is 3. The van der Waals surface area contributed by atoms with Crippen molar-refractivity contribution in [1.29, 1.82) is 0 Å². The summed E-state index contributed by atoms with van der Waals surface area (Å²) in [6.45, 7) is 17.4. The summed E-state index contributed by atoms with van der Waals surface area (Å²) in [5.41, 5.74) is 0. The Labute approximate surface area is 144 Å². The van der Waals surface area contributed by atoms with Gasteiger partial charge in [0, 0.05) is 6.42 Å². The van der Waals surface area contributed by atoms with E-state index in [0.29, 0.717) is 13.0 Å². The van der Waals surface area contributed by atoms with E-state index in [9.17, 15) is 4.79 Å². The fourth-order valence-electron chi connectivity index (χ4n) is 1.82. The fourth-order valence-corrected chi connectivity index (χ4v) is 3.04. The topological polar surface area (TPSA) is 35.5 Å². The van der Waals surface area contributed by atoms with Crippen molar-refractivity contribution >= 4 is 14.3 Å². The first kappa shape index (κ1) is 22.2. The Kier molecular flexibility index (Phi) is 9.80. The molecule has 0 heterocycles.